The third kappa shape index (κ3) is 6.43. The predicted octanol–water partition coefficient (Wildman–Crippen LogP) is 6.97. The Morgan fingerprint density at radius 1 is 1.14 bits per heavy atom. The zero-order valence-corrected chi connectivity index (χ0v) is 21.9. The van der Waals surface area contributed by atoms with E-state index in [1.54, 1.807) is 19.9 Å². The molecule has 1 amide bonds. The summed E-state index contributed by atoms with van der Waals surface area (Å²) in [7, 11) is 1.43. The Morgan fingerprint density at radius 2 is 1.86 bits per heavy atom. The van der Waals surface area contributed by atoms with Crippen LogP contribution < -0.4 is 10.1 Å². The summed E-state index contributed by atoms with van der Waals surface area (Å²) in [6.07, 6.45) is 2.70. The summed E-state index contributed by atoms with van der Waals surface area (Å²) < 4.78 is 22.0. The molecule has 8 nitrogen and oxygen atoms in total. The van der Waals surface area contributed by atoms with Gasteiger partial charge in [0.25, 0.3) is 0 Å². The molecule has 0 spiro atoms. The van der Waals surface area contributed by atoms with Crippen LogP contribution in [0.15, 0.2) is 53.1 Å². The number of aromatic nitrogens is 1. The second kappa shape index (κ2) is 12.1. The van der Waals surface area contributed by atoms with E-state index in [-0.39, 0.29) is 17.8 Å². The van der Waals surface area contributed by atoms with E-state index < -0.39 is 12.2 Å². The minimum atomic E-state index is -0.646. The average Bonchev–Trinajstić information content (AvgIpc) is 3.27. The van der Waals surface area contributed by atoms with Gasteiger partial charge in [-0.3, -0.25) is 10.1 Å². The molecule has 1 saturated carbocycles. The van der Waals surface area contributed by atoms with Crippen LogP contribution in [0.3, 0.4) is 0 Å². The summed E-state index contributed by atoms with van der Waals surface area (Å²) >= 11 is 6.22. The molecule has 1 N–H and O–H groups in total. The number of nitrogens with one attached hydrogen (secondary N) is 1. The van der Waals surface area contributed by atoms with Gasteiger partial charge in [-0.1, -0.05) is 47.8 Å². The SMILES string of the molecule is COC(=O)C1CCCCC1COc1ccc(-c2onc(C)c2NC(=O)O[C@H](C)c2ccccc2Cl)cc1. The highest BCUT2D eigenvalue weighted by molar-refractivity contribution is 6.31. The first kappa shape index (κ1) is 26.5. The van der Waals surface area contributed by atoms with Crippen molar-refractivity contribution in [2.75, 3.05) is 19.0 Å². The fraction of sp³-hybridized carbons (Fsp3) is 0.393. The second-order valence-electron chi connectivity index (χ2n) is 9.18. The molecule has 4 rings (SSSR count). The minimum absolute atomic E-state index is 0.121. The monoisotopic (exact) mass is 526 g/mol. The Balaban J connectivity index is 1.39. The number of nitrogens with zero attached hydrogens (tertiary/aromatic N) is 1. The highest BCUT2D eigenvalue weighted by Crippen LogP contribution is 2.34. The fourth-order valence-electron chi connectivity index (χ4n) is 4.65. The van der Waals surface area contributed by atoms with Gasteiger partial charge < -0.3 is 18.7 Å². The molecule has 1 aromatic heterocycles. The zero-order valence-electron chi connectivity index (χ0n) is 21.2. The maximum atomic E-state index is 12.6. The van der Waals surface area contributed by atoms with Crippen LogP contribution >= 0.6 is 11.6 Å². The van der Waals surface area contributed by atoms with Gasteiger partial charge in [-0.25, -0.2) is 4.79 Å². The van der Waals surface area contributed by atoms with Gasteiger partial charge in [0.05, 0.1) is 19.6 Å². The van der Waals surface area contributed by atoms with Crippen molar-refractivity contribution >= 4 is 29.4 Å². The normalized spacial score (nSPS) is 18.1. The van der Waals surface area contributed by atoms with Crippen molar-refractivity contribution in [2.45, 2.75) is 45.6 Å². The minimum Gasteiger partial charge on any atom is -0.493 e. The molecular weight excluding hydrogens is 496 g/mol. The smallest absolute Gasteiger partial charge is 0.412 e. The number of benzene rings is 2. The zero-order chi connectivity index (χ0) is 26.4. The van der Waals surface area contributed by atoms with E-state index in [2.05, 4.69) is 10.5 Å². The highest BCUT2D eigenvalue weighted by Gasteiger charge is 2.32. The Labute approximate surface area is 221 Å². The van der Waals surface area contributed by atoms with Crippen LogP contribution in [-0.2, 0) is 14.3 Å². The van der Waals surface area contributed by atoms with Crippen molar-refractivity contribution in [3.05, 3.63) is 64.8 Å². The van der Waals surface area contributed by atoms with E-state index in [1.165, 1.54) is 7.11 Å². The lowest BCUT2D eigenvalue weighted by atomic mass is 9.80. The summed E-state index contributed by atoms with van der Waals surface area (Å²) in [6, 6.07) is 14.5. The van der Waals surface area contributed by atoms with Crippen LogP contribution in [0.2, 0.25) is 5.02 Å². The molecule has 2 unspecified atom stereocenters. The number of esters is 1. The number of anilines is 1. The molecule has 0 radical (unpaired) electrons. The molecule has 1 fully saturated rings. The number of carbonyl (C=O) groups excluding carboxylic acids is 2. The third-order valence-electron chi connectivity index (χ3n) is 6.71. The first-order valence-corrected chi connectivity index (χ1v) is 12.7. The van der Waals surface area contributed by atoms with Crippen LogP contribution in [0.4, 0.5) is 10.5 Å². The van der Waals surface area contributed by atoms with Gasteiger partial charge in [-0.2, -0.15) is 0 Å². The third-order valence-corrected chi connectivity index (χ3v) is 7.05. The van der Waals surface area contributed by atoms with Crippen molar-refractivity contribution in [1.29, 1.82) is 0 Å². The quantitative estimate of drug-likeness (QED) is 0.316. The molecule has 1 aliphatic carbocycles. The molecule has 2 aromatic carbocycles. The lowest BCUT2D eigenvalue weighted by Crippen LogP contribution is -2.32. The molecule has 0 aliphatic heterocycles. The Kier molecular flexibility index (Phi) is 8.71. The fourth-order valence-corrected chi connectivity index (χ4v) is 4.94. The molecule has 3 atom stereocenters. The maximum Gasteiger partial charge on any atom is 0.412 e. The number of hydrogen-bond donors (Lipinski definition) is 1. The Morgan fingerprint density at radius 3 is 2.59 bits per heavy atom. The van der Waals surface area contributed by atoms with Crippen molar-refractivity contribution in [1.82, 2.24) is 5.16 Å². The lowest BCUT2D eigenvalue weighted by Gasteiger charge is -2.29. The second-order valence-corrected chi connectivity index (χ2v) is 9.58. The molecule has 37 heavy (non-hydrogen) atoms. The Bertz CT molecular complexity index is 1230. The van der Waals surface area contributed by atoms with Crippen molar-refractivity contribution in [3.8, 4) is 17.1 Å². The van der Waals surface area contributed by atoms with Crippen LogP contribution in [0.1, 0.15) is 50.0 Å². The van der Waals surface area contributed by atoms with Gasteiger partial charge in [-0.05, 0) is 57.0 Å². The van der Waals surface area contributed by atoms with Gasteiger partial charge in [0.1, 0.15) is 23.2 Å². The van der Waals surface area contributed by atoms with E-state index in [0.29, 0.717) is 45.6 Å². The van der Waals surface area contributed by atoms with Crippen LogP contribution in [0.5, 0.6) is 5.75 Å². The topological polar surface area (TPSA) is 99.9 Å². The molecule has 1 heterocycles. The molecule has 0 bridgehead atoms. The van der Waals surface area contributed by atoms with Crippen molar-refractivity contribution in [2.24, 2.45) is 11.8 Å². The summed E-state index contributed by atoms with van der Waals surface area (Å²) in [5.74, 6) is 0.933. The first-order chi connectivity index (χ1) is 17.9. The molecule has 3 aromatic rings. The van der Waals surface area contributed by atoms with E-state index in [9.17, 15) is 9.59 Å². The van der Waals surface area contributed by atoms with Gasteiger partial charge in [-0.15, -0.1) is 0 Å². The molecule has 9 heteroatoms. The number of aryl methyl sites for hydroxylation is 1. The standard InChI is InChI=1S/C28H31ClN2O6/c1-17-25(30-28(33)36-18(2)22-9-6-7-11-24(22)29)26(37-31-17)19-12-14-21(15-13-19)35-16-20-8-4-5-10-23(20)27(32)34-3/h6-7,9,11-15,18,20,23H,4-5,8,10,16H2,1-3H3,(H,30,33)/t18-,20?,23?/m1/s1. The molecule has 0 saturated heterocycles. The van der Waals surface area contributed by atoms with Gasteiger partial charge in [0.15, 0.2) is 5.76 Å². The predicted molar refractivity (Wildman–Crippen MR) is 140 cm³/mol. The largest absolute Gasteiger partial charge is 0.493 e. The number of hydrogen-bond acceptors (Lipinski definition) is 7. The number of amides is 1. The van der Waals surface area contributed by atoms with Crippen LogP contribution in [-0.4, -0.2) is 30.9 Å². The van der Waals surface area contributed by atoms with Crippen LogP contribution in [0.25, 0.3) is 11.3 Å². The Hall–Kier alpha value is -3.52. The summed E-state index contributed by atoms with van der Waals surface area (Å²) in [4.78, 5) is 24.7. The van der Waals surface area contributed by atoms with Crippen molar-refractivity contribution in [3.63, 3.8) is 0 Å². The van der Waals surface area contributed by atoms with Gasteiger partial charge >= 0.3 is 12.1 Å². The summed E-state index contributed by atoms with van der Waals surface area (Å²) in [6.45, 7) is 3.93. The van der Waals surface area contributed by atoms with E-state index in [0.717, 1.165) is 25.7 Å². The molecule has 1 aliphatic rings. The molecular formula is C28H31ClN2O6. The summed E-state index contributed by atoms with van der Waals surface area (Å²) in [5.41, 5.74) is 2.37. The lowest BCUT2D eigenvalue weighted by molar-refractivity contribution is -0.149. The van der Waals surface area contributed by atoms with Gasteiger partial charge in [0, 0.05) is 22.1 Å². The van der Waals surface area contributed by atoms with Crippen molar-refractivity contribution < 1.29 is 28.3 Å². The molecule has 196 valence electrons. The number of methoxy groups -OCH3 is 1. The number of rotatable bonds is 8. The summed E-state index contributed by atoms with van der Waals surface area (Å²) in [5, 5.41) is 7.28. The maximum absolute atomic E-state index is 12.6. The van der Waals surface area contributed by atoms with Crippen LogP contribution in [0, 0.1) is 18.8 Å². The first-order valence-electron chi connectivity index (χ1n) is 12.4. The average molecular weight is 527 g/mol. The van der Waals surface area contributed by atoms with E-state index in [1.807, 2.05) is 42.5 Å². The highest BCUT2D eigenvalue weighted by atomic mass is 35.5. The number of halogens is 1. The number of ether oxygens (including phenoxy) is 3. The van der Waals surface area contributed by atoms with E-state index in [4.69, 9.17) is 30.3 Å². The van der Waals surface area contributed by atoms with Gasteiger partial charge in [0.2, 0.25) is 0 Å². The van der Waals surface area contributed by atoms with E-state index >= 15 is 0 Å². The number of carbonyl (C=O) groups is 2.